The third-order valence-electron chi connectivity index (χ3n) is 3.31. The molecule has 0 spiro atoms. The second kappa shape index (κ2) is 7.50. The van der Waals surface area contributed by atoms with E-state index < -0.39 is 5.60 Å². The highest BCUT2D eigenvalue weighted by Gasteiger charge is 2.30. The fourth-order valence-electron chi connectivity index (χ4n) is 2.23. The molecule has 4 heteroatoms. The van der Waals surface area contributed by atoms with Gasteiger partial charge in [0, 0.05) is 0 Å². The first-order chi connectivity index (χ1) is 9.42. The SMILES string of the molecule is COc1cccc(OC)c1C(C)(O)CCNCC(C)C. The molecule has 2 N–H and O–H groups in total. The molecule has 1 atom stereocenters. The molecule has 114 valence electrons. The van der Waals surface area contributed by atoms with Gasteiger partial charge in [0.05, 0.1) is 25.4 Å². The summed E-state index contributed by atoms with van der Waals surface area (Å²) < 4.78 is 10.7. The van der Waals surface area contributed by atoms with E-state index in [0.717, 1.165) is 13.1 Å². The molecule has 4 nitrogen and oxygen atoms in total. The third kappa shape index (κ3) is 4.39. The Morgan fingerprint density at radius 1 is 1.20 bits per heavy atom. The van der Waals surface area contributed by atoms with Crippen LogP contribution in [-0.2, 0) is 5.60 Å². The van der Waals surface area contributed by atoms with Gasteiger partial charge in [0.25, 0.3) is 0 Å². The topological polar surface area (TPSA) is 50.7 Å². The van der Waals surface area contributed by atoms with E-state index in [1.165, 1.54) is 0 Å². The molecule has 20 heavy (non-hydrogen) atoms. The third-order valence-corrected chi connectivity index (χ3v) is 3.31. The Bertz CT molecular complexity index is 394. The fourth-order valence-corrected chi connectivity index (χ4v) is 2.23. The highest BCUT2D eigenvalue weighted by molar-refractivity contribution is 5.48. The van der Waals surface area contributed by atoms with E-state index in [9.17, 15) is 5.11 Å². The van der Waals surface area contributed by atoms with E-state index in [1.807, 2.05) is 18.2 Å². The van der Waals surface area contributed by atoms with E-state index in [-0.39, 0.29) is 0 Å². The van der Waals surface area contributed by atoms with Crippen molar-refractivity contribution in [3.8, 4) is 11.5 Å². The molecular weight excluding hydrogens is 254 g/mol. The smallest absolute Gasteiger partial charge is 0.128 e. The maximum Gasteiger partial charge on any atom is 0.128 e. The van der Waals surface area contributed by atoms with Gasteiger partial charge in [-0.15, -0.1) is 0 Å². The minimum absolute atomic E-state index is 0.594. The van der Waals surface area contributed by atoms with Gasteiger partial charge >= 0.3 is 0 Å². The van der Waals surface area contributed by atoms with Crippen LogP contribution in [-0.4, -0.2) is 32.4 Å². The van der Waals surface area contributed by atoms with Crippen molar-refractivity contribution in [2.24, 2.45) is 5.92 Å². The zero-order valence-electron chi connectivity index (χ0n) is 13.2. The van der Waals surface area contributed by atoms with E-state index in [0.29, 0.717) is 29.4 Å². The van der Waals surface area contributed by atoms with Gasteiger partial charge in [0.1, 0.15) is 11.5 Å². The van der Waals surface area contributed by atoms with Crippen LogP contribution in [0.3, 0.4) is 0 Å². The number of hydrogen-bond donors (Lipinski definition) is 2. The highest BCUT2D eigenvalue weighted by Crippen LogP contribution is 2.39. The van der Waals surface area contributed by atoms with Crippen LogP contribution >= 0.6 is 0 Å². The van der Waals surface area contributed by atoms with E-state index in [2.05, 4.69) is 19.2 Å². The molecule has 0 radical (unpaired) electrons. The molecule has 1 aromatic carbocycles. The van der Waals surface area contributed by atoms with Crippen LogP contribution in [0.25, 0.3) is 0 Å². The Morgan fingerprint density at radius 2 is 1.75 bits per heavy atom. The first-order valence-corrected chi connectivity index (χ1v) is 7.07. The van der Waals surface area contributed by atoms with E-state index in [4.69, 9.17) is 9.47 Å². The van der Waals surface area contributed by atoms with Gasteiger partial charge in [-0.05, 0) is 44.5 Å². The molecule has 0 saturated heterocycles. The maximum absolute atomic E-state index is 10.8. The van der Waals surface area contributed by atoms with Crippen LogP contribution in [0.1, 0.15) is 32.8 Å². The molecule has 0 amide bonds. The summed E-state index contributed by atoms with van der Waals surface area (Å²) in [6, 6.07) is 5.54. The number of ether oxygens (including phenoxy) is 2. The second-order valence-corrected chi connectivity index (χ2v) is 5.66. The standard InChI is InChI=1S/C16H27NO3/c1-12(2)11-17-10-9-16(3,18)15-13(19-4)7-6-8-14(15)20-5/h6-8,12,17-18H,9-11H2,1-5H3. The van der Waals surface area contributed by atoms with E-state index in [1.54, 1.807) is 21.1 Å². The molecule has 1 unspecified atom stereocenters. The van der Waals surface area contributed by atoms with Crippen molar-refractivity contribution in [3.05, 3.63) is 23.8 Å². The number of methoxy groups -OCH3 is 2. The summed E-state index contributed by atoms with van der Waals surface area (Å²) in [5.74, 6) is 1.90. The predicted molar refractivity (Wildman–Crippen MR) is 81.4 cm³/mol. The minimum atomic E-state index is -0.998. The monoisotopic (exact) mass is 281 g/mol. The molecule has 0 fully saturated rings. The second-order valence-electron chi connectivity index (χ2n) is 5.66. The summed E-state index contributed by atoms with van der Waals surface area (Å²) >= 11 is 0. The van der Waals surface area contributed by atoms with Crippen molar-refractivity contribution in [1.82, 2.24) is 5.32 Å². The van der Waals surface area contributed by atoms with Crippen LogP contribution in [0, 0.1) is 5.92 Å². The average Bonchev–Trinajstić information content (AvgIpc) is 2.42. The fraction of sp³-hybridized carbons (Fsp3) is 0.625. The lowest BCUT2D eigenvalue weighted by Gasteiger charge is -2.28. The summed E-state index contributed by atoms with van der Waals surface area (Å²) in [4.78, 5) is 0. The maximum atomic E-state index is 10.8. The molecule has 0 bridgehead atoms. The van der Waals surface area contributed by atoms with Crippen LogP contribution in [0.2, 0.25) is 0 Å². The molecule has 0 heterocycles. The molecule has 0 aliphatic rings. The van der Waals surface area contributed by atoms with Gasteiger partial charge in [0.2, 0.25) is 0 Å². The molecular formula is C16H27NO3. The minimum Gasteiger partial charge on any atom is -0.496 e. The Labute approximate surface area is 122 Å². The summed E-state index contributed by atoms with van der Waals surface area (Å²) in [6.07, 6.45) is 0.594. The van der Waals surface area contributed by atoms with E-state index >= 15 is 0 Å². The summed E-state index contributed by atoms with van der Waals surface area (Å²) in [5.41, 5.74) is -0.293. The summed E-state index contributed by atoms with van der Waals surface area (Å²) in [7, 11) is 3.21. The van der Waals surface area contributed by atoms with Crippen molar-refractivity contribution < 1.29 is 14.6 Å². The van der Waals surface area contributed by atoms with Gasteiger partial charge in [-0.3, -0.25) is 0 Å². The molecule has 0 saturated carbocycles. The summed E-state index contributed by atoms with van der Waals surface area (Å²) in [5, 5.41) is 14.1. The van der Waals surface area contributed by atoms with Crippen molar-refractivity contribution in [2.45, 2.75) is 32.8 Å². The Balaban J connectivity index is 2.85. The number of hydrogen-bond acceptors (Lipinski definition) is 4. The Kier molecular flexibility index (Phi) is 6.30. The lowest BCUT2D eigenvalue weighted by Crippen LogP contribution is -2.30. The van der Waals surface area contributed by atoms with Crippen molar-refractivity contribution in [2.75, 3.05) is 27.3 Å². The number of nitrogens with one attached hydrogen (secondary N) is 1. The normalized spacial score (nSPS) is 14.2. The first kappa shape index (κ1) is 16.8. The van der Waals surface area contributed by atoms with Crippen LogP contribution < -0.4 is 14.8 Å². The first-order valence-electron chi connectivity index (χ1n) is 7.07. The molecule has 1 rings (SSSR count). The van der Waals surface area contributed by atoms with Crippen LogP contribution in [0.5, 0.6) is 11.5 Å². The lowest BCUT2D eigenvalue weighted by molar-refractivity contribution is 0.0427. The van der Waals surface area contributed by atoms with Crippen molar-refractivity contribution >= 4 is 0 Å². The number of benzene rings is 1. The molecule has 0 aromatic heterocycles. The zero-order chi connectivity index (χ0) is 15.2. The average molecular weight is 281 g/mol. The number of rotatable bonds is 8. The van der Waals surface area contributed by atoms with Gasteiger partial charge in [0.15, 0.2) is 0 Å². The molecule has 1 aromatic rings. The highest BCUT2D eigenvalue weighted by atomic mass is 16.5. The predicted octanol–water partition coefficient (Wildman–Crippen LogP) is 2.55. The lowest BCUT2D eigenvalue weighted by atomic mass is 9.90. The Morgan fingerprint density at radius 3 is 2.20 bits per heavy atom. The largest absolute Gasteiger partial charge is 0.496 e. The van der Waals surface area contributed by atoms with Crippen molar-refractivity contribution in [1.29, 1.82) is 0 Å². The molecule has 0 aliphatic heterocycles. The molecule has 0 aliphatic carbocycles. The van der Waals surface area contributed by atoms with Gasteiger partial charge < -0.3 is 19.9 Å². The van der Waals surface area contributed by atoms with Gasteiger partial charge in [-0.1, -0.05) is 19.9 Å². The Hall–Kier alpha value is -1.26. The van der Waals surface area contributed by atoms with Gasteiger partial charge in [-0.25, -0.2) is 0 Å². The number of aliphatic hydroxyl groups is 1. The zero-order valence-corrected chi connectivity index (χ0v) is 13.2. The quantitative estimate of drug-likeness (QED) is 0.719. The van der Waals surface area contributed by atoms with Crippen LogP contribution in [0.15, 0.2) is 18.2 Å². The summed E-state index contributed by atoms with van der Waals surface area (Å²) in [6.45, 7) is 7.80. The van der Waals surface area contributed by atoms with Crippen molar-refractivity contribution in [3.63, 3.8) is 0 Å². The van der Waals surface area contributed by atoms with Crippen LogP contribution in [0.4, 0.5) is 0 Å². The van der Waals surface area contributed by atoms with Gasteiger partial charge in [-0.2, -0.15) is 0 Å².